The van der Waals surface area contributed by atoms with Gasteiger partial charge in [0.2, 0.25) is 0 Å². The molecule has 1 N–H and O–H groups in total. The molecular formula is C22H26ClNO6. The predicted octanol–water partition coefficient (Wildman–Crippen LogP) is 4.18. The van der Waals surface area contributed by atoms with Crippen LogP contribution in [0.2, 0.25) is 5.02 Å². The lowest BCUT2D eigenvalue weighted by molar-refractivity contribution is -0.146. The van der Waals surface area contributed by atoms with Crippen LogP contribution in [0.15, 0.2) is 30.3 Å². The number of anilines is 1. The van der Waals surface area contributed by atoms with Crippen LogP contribution in [0.3, 0.4) is 0 Å². The van der Waals surface area contributed by atoms with Gasteiger partial charge in [-0.1, -0.05) is 17.7 Å². The molecule has 0 aliphatic carbocycles. The van der Waals surface area contributed by atoms with Crippen molar-refractivity contribution in [2.24, 2.45) is 0 Å². The van der Waals surface area contributed by atoms with E-state index >= 15 is 0 Å². The molecule has 0 saturated heterocycles. The SMILES string of the molecule is CCOc1ccc(CC(=O)OCC(=O)Nc2cc(C)c(Cl)cc2OC)cc1OCC. The second kappa shape index (κ2) is 11.3. The fourth-order valence-corrected chi connectivity index (χ4v) is 2.84. The van der Waals surface area contributed by atoms with E-state index in [4.69, 9.17) is 30.5 Å². The number of rotatable bonds is 10. The molecule has 0 bridgehead atoms. The van der Waals surface area contributed by atoms with Gasteiger partial charge in [-0.25, -0.2) is 0 Å². The van der Waals surface area contributed by atoms with E-state index < -0.39 is 18.5 Å². The highest BCUT2D eigenvalue weighted by Crippen LogP contribution is 2.31. The van der Waals surface area contributed by atoms with Crippen LogP contribution in [-0.2, 0) is 20.7 Å². The van der Waals surface area contributed by atoms with E-state index in [-0.39, 0.29) is 6.42 Å². The summed E-state index contributed by atoms with van der Waals surface area (Å²) >= 11 is 6.06. The average molecular weight is 436 g/mol. The zero-order chi connectivity index (χ0) is 22.1. The molecule has 0 aromatic heterocycles. The van der Waals surface area contributed by atoms with Gasteiger partial charge in [0, 0.05) is 11.1 Å². The molecule has 2 aromatic carbocycles. The number of esters is 1. The quantitative estimate of drug-likeness (QED) is 0.564. The first-order chi connectivity index (χ1) is 14.4. The maximum atomic E-state index is 12.2. The second-order valence-electron chi connectivity index (χ2n) is 6.33. The number of methoxy groups -OCH3 is 1. The van der Waals surface area contributed by atoms with Gasteiger partial charge in [-0.3, -0.25) is 9.59 Å². The first-order valence-electron chi connectivity index (χ1n) is 9.56. The van der Waals surface area contributed by atoms with Gasteiger partial charge >= 0.3 is 5.97 Å². The predicted molar refractivity (Wildman–Crippen MR) is 115 cm³/mol. The van der Waals surface area contributed by atoms with Gasteiger partial charge in [-0.05, 0) is 50.1 Å². The Labute approximate surface area is 181 Å². The molecule has 162 valence electrons. The standard InChI is InChI=1S/C22H26ClNO6/c1-5-28-18-8-7-15(10-20(18)29-6-2)11-22(26)30-13-21(25)24-17-9-14(3)16(23)12-19(17)27-4/h7-10,12H,5-6,11,13H2,1-4H3,(H,24,25). The number of benzene rings is 2. The molecule has 2 rings (SSSR count). The van der Waals surface area contributed by atoms with Crippen LogP contribution < -0.4 is 19.5 Å². The van der Waals surface area contributed by atoms with E-state index in [0.29, 0.717) is 46.7 Å². The molecule has 8 heteroatoms. The number of carbonyl (C=O) groups excluding carboxylic acids is 2. The van der Waals surface area contributed by atoms with Gasteiger partial charge in [0.05, 0.1) is 32.4 Å². The Kier molecular flexibility index (Phi) is 8.80. The van der Waals surface area contributed by atoms with Crippen molar-refractivity contribution in [3.8, 4) is 17.2 Å². The van der Waals surface area contributed by atoms with Crippen LogP contribution in [0.1, 0.15) is 25.0 Å². The molecule has 0 radical (unpaired) electrons. The Morgan fingerprint density at radius 1 is 1.00 bits per heavy atom. The molecule has 30 heavy (non-hydrogen) atoms. The molecule has 0 saturated carbocycles. The van der Waals surface area contributed by atoms with Crippen molar-refractivity contribution in [1.29, 1.82) is 0 Å². The molecule has 0 aliphatic rings. The zero-order valence-electron chi connectivity index (χ0n) is 17.5. The fraction of sp³-hybridized carbons (Fsp3) is 0.364. The number of hydrogen-bond donors (Lipinski definition) is 1. The lowest BCUT2D eigenvalue weighted by Gasteiger charge is -2.13. The minimum absolute atomic E-state index is 0.00311. The first kappa shape index (κ1) is 23.3. The number of ether oxygens (including phenoxy) is 4. The second-order valence-corrected chi connectivity index (χ2v) is 6.74. The van der Waals surface area contributed by atoms with Gasteiger partial charge in [-0.15, -0.1) is 0 Å². The number of halogens is 1. The number of nitrogens with one attached hydrogen (secondary N) is 1. The van der Waals surface area contributed by atoms with Crippen molar-refractivity contribution >= 4 is 29.2 Å². The van der Waals surface area contributed by atoms with E-state index in [0.717, 1.165) is 5.56 Å². The third kappa shape index (κ3) is 6.56. The summed E-state index contributed by atoms with van der Waals surface area (Å²) in [6.45, 7) is 6.12. The van der Waals surface area contributed by atoms with Crippen LogP contribution in [0, 0.1) is 6.92 Å². The molecule has 7 nitrogen and oxygen atoms in total. The van der Waals surface area contributed by atoms with Crippen LogP contribution in [0.25, 0.3) is 0 Å². The monoisotopic (exact) mass is 435 g/mol. The fourth-order valence-electron chi connectivity index (χ4n) is 2.69. The first-order valence-corrected chi connectivity index (χ1v) is 9.93. The van der Waals surface area contributed by atoms with E-state index in [2.05, 4.69) is 5.32 Å². The summed E-state index contributed by atoms with van der Waals surface area (Å²) in [6.07, 6.45) is 0.00311. The summed E-state index contributed by atoms with van der Waals surface area (Å²) in [5.41, 5.74) is 1.93. The molecule has 0 fully saturated rings. The summed E-state index contributed by atoms with van der Waals surface area (Å²) in [7, 11) is 1.48. The minimum Gasteiger partial charge on any atom is -0.495 e. The Balaban J connectivity index is 1.94. The van der Waals surface area contributed by atoms with Crippen molar-refractivity contribution in [1.82, 2.24) is 0 Å². The molecule has 1 amide bonds. The van der Waals surface area contributed by atoms with Gasteiger partial charge in [-0.2, -0.15) is 0 Å². The average Bonchev–Trinajstić information content (AvgIpc) is 2.71. The molecule has 0 aliphatic heterocycles. The topological polar surface area (TPSA) is 83.1 Å². The molecule has 2 aromatic rings. The third-order valence-corrected chi connectivity index (χ3v) is 4.48. The summed E-state index contributed by atoms with van der Waals surface area (Å²) in [4.78, 5) is 24.3. The molecule has 0 spiro atoms. The highest BCUT2D eigenvalue weighted by atomic mass is 35.5. The summed E-state index contributed by atoms with van der Waals surface area (Å²) in [6, 6.07) is 8.54. The number of amides is 1. The van der Waals surface area contributed by atoms with Gasteiger partial charge in [0.1, 0.15) is 5.75 Å². The Hall–Kier alpha value is -2.93. The van der Waals surface area contributed by atoms with Gasteiger partial charge in [0.15, 0.2) is 18.1 Å². The highest BCUT2D eigenvalue weighted by Gasteiger charge is 2.14. The van der Waals surface area contributed by atoms with E-state index in [1.165, 1.54) is 7.11 Å². The Morgan fingerprint density at radius 3 is 2.37 bits per heavy atom. The molecule has 0 atom stereocenters. The molecule has 0 unspecified atom stereocenters. The van der Waals surface area contributed by atoms with Crippen molar-refractivity contribution in [3.63, 3.8) is 0 Å². The Morgan fingerprint density at radius 2 is 1.70 bits per heavy atom. The van der Waals surface area contributed by atoms with E-state index in [1.807, 2.05) is 20.8 Å². The van der Waals surface area contributed by atoms with Crippen LogP contribution in [0.4, 0.5) is 5.69 Å². The largest absolute Gasteiger partial charge is 0.495 e. The van der Waals surface area contributed by atoms with Crippen LogP contribution in [-0.4, -0.2) is 38.8 Å². The van der Waals surface area contributed by atoms with Crippen molar-refractivity contribution in [2.45, 2.75) is 27.2 Å². The van der Waals surface area contributed by atoms with Crippen LogP contribution in [0.5, 0.6) is 17.2 Å². The Bertz CT molecular complexity index is 899. The van der Waals surface area contributed by atoms with Crippen LogP contribution >= 0.6 is 11.6 Å². The number of aryl methyl sites for hydroxylation is 1. The van der Waals surface area contributed by atoms with E-state index in [1.54, 1.807) is 30.3 Å². The number of hydrogen-bond acceptors (Lipinski definition) is 6. The maximum absolute atomic E-state index is 12.2. The van der Waals surface area contributed by atoms with Crippen molar-refractivity contribution in [2.75, 3.05) is 32.2 Å². The third-order valence-electron chi connectivity index (χ3n) is 4.08. The zero-order valence-corrected chi connectivity index (χ0v) is 18.3. The van der Waals surface area contributed by atoms with E-state index in [9.17, 15) is 9.59 Å². The normalized spacial score (nSPS) is 10.3. The molecular weight excluding hydrogens is 410 g/mol. The van der Waals surface area contributed by atoms with Crippen molar-refractivity contribution in [3.05, 3.63) is 46.5 Å². The smallest absolute Gasteiger partial charge is 0.310 e. The van der Waals surface area contributed by atoms with Gasteiger partial charge in [0.25, 0.3) is 5.91 Å². The maximum Gasteiger partial charge on any atom is 0.310 e. The summed E-state index contributed by atoms with van der Waals surface area (Å²) in [5.74, 6) is 0.583. The number of carbonyl (C=O) groups is 2. The van der Waals surface area contributed by atoms with Crippen molar-refractivity contribution < 1.29 is 28.5 Å². The molecule has 0 heterocycles. The lowest BCUT2D eigenvalue weighted by Crippen LogP contribution is -2.22. The minimum atomic E-state index is -0.531. The highest BCUT2D eigenvalue weighted by molar-refractivity contribution is 6.31. The van der Waals surface area contributed by atoms with Gasteiger partial charge < -0.3 is 24.3 Å². The summed E-state index contributed by atoms with van der Waals surface area (Å²) < 4.78 is 21.4. The lowest BCUT2D eigenvalue weighted by atomic mass is 10.1. The summed E-state index contributed by atoms with van der Waals surface area (Å²) in [5, 5.41) is 3.19.